The van der Waals surface area contributed by atoms with Crippen LogP contribution in [-0.4, -0.2) is 38.1 Å². The molecular weight excluding hydrogens is 256 g/mol. The minimum Gasteiger partial charge on any atom is -0.316 e. The van der Waals surface area contributed by atoms with Crippen molar-refractivity contribution in [3.8, 4) is 0 Å². The fraction of sp³-hybridized carbons (Fsp3) is 0.684. The van der Waals surface area contributed by atoms with Crippen molar-refractivity contribution in [3.05, 3.63) is 35.9 Å². The summed E-state index contributed by atoms with van der Waals surface area (Å²) in [7, 11) is 2.24. The Bertz CT molecular complexity index is 335. The molecule has 1 aromatic rings. The molecule has 0 atom stereocenters. The SMILES string of the molecule is CC(C)CNCCCCCCN(C)CCc1ccccc1. The molecule has 0 spiro atoms. The van der Waals surface area contributed by atoms with E-state index in [4.69, 9.17) is 0 Å². The number of unbranched alkanes of at least 4 members (excludes halogenated alkanes) is 3. The van der Waals surface area contributed by atoms with Crippen molar-refractivity contribution in [2.24, 2.45) is 5.92 Å². The quantitative estimate of drug-likeness (QED) is 0.586. The maximum atomic E-state index is 3.51. The second-order valence-corrected chi connectivity index (χ2v) is 6.55. The predicted octanol–water partition coefficient (Wildman–Crippen LogP) is 3.97. The van der Waals surface area contributed by atoms with Gasteiger partial charge in [0.25, 0.3) is 0 Å². The first kappa shape index (κ1) is 18.2. The monoisotopic (exact) mass is 290 g/mol. The highest BCUT2D eigenvalue weighted by atomic mass is 15.1. The van der Waals surface area contributed by atoms with Crippen molar-refractivity contribution < 1.29 is 0 Å². The second-order valence-electron chi connectivity index (χ2n) is 6.55. The van der Waals surface area contributed by atoms with E-state index in [0.717, 1.165) is 18.9 Å². The lowest BCUT2D eigenvalue weighted by Gasteiger charge is -2.16. The average Bonchev–Trinajstić information content (AvgIpc) is 2.48. The standard InChI is InChI=1S/C19H34N2/c1-18(2)17-20-14-9-4-5-10-15-21(3)16-13-19-11-7-6-8-12-19/h6-8,11-12,18,20H,4-5,9-10,13-17H2,1-3H3. The van der Waals surface area contributed by atoms with Crippen LogP contribution in [0.3, 0.4) is 0 Å². The largest absolute Gasteiger partial charge is 0.316 e. The van der Waals surface area contributed by atoms with E-state index in [1.807, 2.05) is 0 Å². The zero-order valence-corrected chi connectivity index (χ0v) is 14.3. The smallest absolute Gasteiger partial charge is 0.00188 e. The summed E-state index contributed by atoms with van der Waals surface area (Å²) in [5.41, 5.74) is 1.44. The Balaban J connectivity index is 1.90. The van der Waals surface area contributed by atoms with Gasteiger partial charge in [0.05, 0.1) is 0 Å². The van der Waals surface area contributed by atoms with E-state index in [2.05, 4.69) is 61.4 Å². The number of hydrogen-bond donors (Lipinski definition) is 1. The van der Waals surface area contributed by atoms with Gasteiger partial charge in [-0.3, -0.25) is 0 Å². The van der Waals surface area contributed by atoms with Crippen LogP contribution in [0, 0.1) is 5.92 Å². The number of likely N-dealkylation sites (N-methyl/N-ethyl adjacent to an activating group) is 1. The molecule has 2 heteroatoms. The number of nitrogens with one attached hydrogen (secondary N) is 1. The summed E-state index contributed by atoms with van der Waals surface area (Å²) < 4.78 is 0. The number of rotatable bonds is 12. The van der Waals surface area contributed by atoms with Gasteiger partial charge in [0.15, 0.2) is 0 Å². The van der Waals surface area contributed by atoms with Crippen LogP contribution in [-0.2, 0) is 6.42 Å². The van der Waals surface area contributed by atoms with Crippen molar-refractivity contribution in [2.75, 3.05) is 33.2 Å². The molecule has 0 aromatic heterocycles. The normalized spacial score (nSPS) is 11.5. The van der Waals surface area contributed by atoms with Gasteiger partial charge in [-0.2, -0.15) is 0 Å². The summed E-state index contributed by atoms with van der Waals surface area (Å²) in [6.45, 7) is 9.26. The Morgan fingerprint density at radius 1 is 0.952 bits per heavy atom. The first-order chi connectivity index (χ1) is 10.2. The summed E-state index contributed by atoms with van der Waals surface area (Å²) in [6.07, 6.45) is 6.53. The van der Waals surface area contributed by atoms with Crippen LogP contribution in [0.4, 0.5) is 0 Å². The lowest BCUT2D eigenvalue weighted by molar-refractivity contribution is 0.327. The van der Waals surface area contributed by atoms with E-state index < -0.39 is 0 Å². The van der Waals surface area contributed by atoms with Crippen LogP contribution in [0.15, 0.2) is 30.3 Å². The molecule has 0 amide bonds. The van der Waals surface area contributed by atoms with Crippen LogP contribution in [0.5, 0.6) is 0 Å². The maximum absolute atomic E-state index is 3.51. The molecule has 0 fully saturated rings. The fourth-order valence-corrected chi connectivity index (χ4v) is 2.45. The van der Waals surface area contributed by atoms with Gasteiger partial charge in [0.2, 0.25) is 0 Å². The third-order valence-corrected chi connectivity index (χ3v) is 3.82. The first-order valence-corrected chi connectivity index (χ1v) is 8.61. The van der Waals surface area contributed by atoms with Gasteiger partial charge in [0, 0.05) is 6.54 Å². The zero-order valence-electron chi connectivity index (χ0n) is 14.3. The molecule has 0 saturated heterocycles. The van der Waals surface area contributed by atoms with Crippen LogP contribution in [0.1, 0.15) is 45.1 Å². The summed E-state index contributed by atoms with van der Waals surface area (Å²) >= 11 is 0. The molecule has 21 heavy (non-hydrogen) atoms. The van der Waals surface area contributed by atoms with E-state index in [1.54, 1.807) is 0 Å². The third kappa shape index (κ3) is 10.5. The highest BCUT2D eigenvalue weighted by molar-refractivity contribution is 5.14. The molecule has 1 rings (SSSR count). The van der Waals surface area contributed by atoms with Crippen molar-refractivity contribution in [1.82, 2.24) is 10.2 Å². The molecule has 2 nitrogen and oxygen atoms in total. The molecule has 0 unspecified atom stereocenters. The zero-order chi connectivity index (χ0) is 15.3. The van der Waals surface area contributed by atoms with Gasteiger partial charge in [-0.25, -0.2) is 0 Å². The van der Waals surface area contributed by atoms with Crippen molar-refractivity contribution in [1.29, 1.82) is 0 Å². The van der Waals surface area contributed by atoms with E-state index in [1.165, 1.54) is 50.9 Å². The van der Waals surface area contributed by atoms with Crippen LogP contribution >= 0.6 is 0 Å². The highest BCUT2D eigenvalue weighted by Crippen LogP contribution is 2.03. The summed E-state index contributed by atoms with van der Waals surface area (Å²) in [6, 6.07) is 10.8. The van der Waals surface area contributed by atoms with Crippen LogP contribution in [0.25, 0.3) is 0 Å². The van der Waals surface area contributed by atoms with Gasteiger partial charge < -0.3 is 10.2 Å². The highest BCUT2D eigenvalue weighted by Gasteiger charge is 1.99. The second kappa shape index (κ2) is 11.8. The maximum Gasteiger partial charge on any atom is 0.00188 e. The Labute approximate surface area is 131 Å². The molecule has 1 N–H and O–H groups in total. The lowest BCUT2D eigenvalue weighted by atomic mass is 10.1. The fourth-order valence-electron chi connectivity index (χ4n) is 2.45. The minimum atomic E-state index is 0.767. The van der Waals surface area contributed by atoms with Crippen LogP contribution in [0.2, 0.25) is 0 Å². The average molecular weight is 290 g/mol. The predicted molar refractivity (Wildman–Crippen MR) is 93.8 cm³/mol. The van der Waals surface area contributed by atoms with E-state index in [-0.39, 0.29) is 0 Å². The Hall–Kier alpha value is -0.860. The molecule has 0 aliphatic carbocycles. The molecule has 0 radical (unpaired) electrons. The van der Waals surface area contributed by atoms with E-state index >= 15 is 0 Å². The molecule has 1 aromatic carbocycles. The topological polar surface area (TPSA) is 15.3 Å². The van der Waals surface area contributed by atoms with Crippen molar-refractivity contribution >= 4 is 0 Å². The third-order valence-electron chi connectivity index (χ3n) is 3.82. The Morgan fingerprint density at radius 3 is 2.38 bits per heavy atom. The van der Waals surface area contributed by atoms with Crippen molar-refractivity contribution in [3.63, 3.8) is 0 Å². The first-order valence-electron chi connectivity index (χ1n) is 8.61. The number of nitrogens with zero attached hydrogens (tertiary/aromatic N) is 1. The molecule has 0 aliphatic rings. The molecule has 0 heterocycles. The van der Waals surface area contributed by atoms with E-state index in [9.17, 15) is 0 Å². The summed E-state index contributed by atoms with van der Waals surface area (Å²) in [5, 5.41) is 3.51. The van der Waals surface area contributed by atoms with Gasteiger partial charge in [-0.1, -0.05) is 57.0 Å². The molecule has 120 valence electrons. The van der Waals surface area contributed by atoms with E-state index in [0.29, 0.717) is 0 Å². The molecule has 0 bridgehead atoms. The Kier molecular flexibility index (Phi) is 10.2. The molecule has 0 saturated carbocycles. The van der Waals surface area contributed by atoms with Gasteiger partial charge in [-0.05, 0) is 57.4 Å². The van der Waals surface area contributed by atoms with Gasteiger partial charge in [-0.15, -0.1) is 0 Å². The summed E-state index contributed by atoms with van der Waals surface area (Å²) in [4.78, 5) is 2.46. The summed E-state index contributed by atoms with van der Waals surface area (Å²) in [5.74, 6) is 0.767. The minimum absolute atomic E-state index is 0.767. The van der Waals surface area contributed by atoms with Crippen molar-refractivity contribution in [2.45, 2.75) is 46.0 Å². The lowest BCUT2D eigenvalue weighted by Crippen LogP contribution is -2.22. The molecular formula is C19H34N2. The Morgan fingerprint density at radius 2 is 1.67 bits per heavy atom. The number of hydrogen-bond acceptors (Lipinski definition) is 2. The van der Waals surface area contributed by atoms with Gasteiger partial charge in [0.1, 0.15) is 0 Å². The molecule has 0 aliphatic heterocycles. The number of benzene rings is 1. The van der Waals surface area contributed by atoms with Crippen LogP contribution < -0.4 is 5.32 Å². The van der Waals surface area contributed by atoms with Gasteiger partial charge >= 0.3 is 0 Å².